The van der Waals surface area contributed by atoms with Crippen LogP contribution in [0.4, 0.5) is 0 Å². The summed E-state index contributed by atoms with van der Waals surface area (Å²) in [7, 11) is 1.62. The van der Waals surface area contributed by atoms with E-state index in [9.17, 15) is 9.59 Å². The van der Waals surface area contributed by atoms with E-state index in [1.165, 1.54) is 17.4 Å². The standard InChI is InChI=1S/C23H22N2O6S/c1-3-29-22(27)16-6-7-17-20(13-16)32-23(25(17)10-11-28-2)24-21(26)9-5-15-4-8-18-19(12-15)31-14-30-18/h4-9,12-13H,3,10-11,14H2,1-2H3. The Balaban J connectivity index is 1.64. The van der Waals surface area contributed by atoms with Crippen LogP contribution in [-0.4, -0.2) is 43.6 Å². The van der Waals surface area contributed by atoms with E-state index in [4.69, 9.17) is 18.9 Å². The molecule has 2 heterocycles. The maximum atomic E-state index is 12.6. The number of thiazole rings is 1. The molecule has 0 fully saturated rings. The van der Waals surface area contributed by atoms with Gasteiger partial charge in [-0.05, 0) is 48.9 Å². The molecule has 8 nitrogen and oxygen atoms in total. The summed E-state index contributed by atoms with van der Waals surface area (Å²) >= 11 is 1.33. The van der Waals surface area contributed by atoms with Crippen LogP contribution in [0.1, 0.15) is 22.8 Å². The van der Waals surface area contributed by atoms with Gasteiger partial charge in [0, 0.05) is 19.7 Å². The second kappa shape index (κ2) is 9.80. The summed E-state index contributed by atoms with van der Waals surface area (Å²) in [5.74, 6) is 0.555. The third-order valence-corrected chi connectivity index (χ3v) is 5.77. The number of rotatable bonds is 7. The zero-order valence-corrected chi connectivity index (χ0v) is 18.5. The van der Waals surface area contributed by atoms with E-state index >= 15 is 0 Å². The Morgan fingerprint density at radius 1 is 1.19 bits per heavy atom. The number of methoxy groups -OCH3 is 1. The molecule has 0 radical (unpaired) electrons. The Hall–Kier alpha value is -3.43. The lowest BCUT2D eigenvalue weighted by molar-refractivity contribution is -0.113. The van der Waals surface area contributed by atoms with Crippen LogP contribution in [-0.2, 0) is 20.8 Å². The number of nitrogens with zero attached hydrogens (tertiary/aromatic N) is 2. The predicted molar refractivity (Wildman–Crippen MR) is 120 cm³/mol. The van der Waals surface area contributed by atoms with Crippen molar-refractivity contribution in [3.05, 3.63) is 58.4 Å². The van der Waals surface area contributed by atoms with Crippen LogP contribution in [0.5, 0.6) is 11.5 Å². The number of carbonyl (C=O) groups excluding carboxylic acids is 2. The molecule has 0 saturated carbocycles. The molecule has 2 aromatic carbocycles. The molecular weight excluding hydrogens is 432 g/mol. The molecule has 0 saturated heterocycles. The summed E-state index contributed by atoms with van der Waals surface area (Å²) in [4.78, 5) is 29.4. The molecule has 1 aliphatic rings. The highest BCUT2D eigenvalue weighted by Gasteiger charge is 2.13. The van der Waals surface area contributed by atoms with Crippen molar-refractivity contribution in [2.75, 3.05) is 27.1 Å². The highest BCUT2D eigenvalue weighted by atomic mass is 32.1. The number of hydrogen-bond acceptors (Lipinski definition) is 7. The van der Waals surface area contributed by atoms with E-state index in [1.54, 1.807) is 44.4 Å². The predicted octanol–water partition coefficient (Wildman–Crippen LogP) is 3.40. The smallest absolute Gasteiger partial charge is 0.338 e. The van der Waals surface area contributed by atoms with Crippen LogP contribution >= 0.6 is 11.3 Å². The van der Waals surface area contributed by atoms with Crippen molar-refractivity contribution in [3.8, 4) is 11.5 Å². The zero-order valence-electron chi connectivity index (χ0n) is 17.7. The molecule has 0 spiro atoms. The van der Waals surface area contributed by atoms with Gasteiger partial charge in [-0.1, -0.05) is 17.4 Å². The molecule has 1 aromatic heterocycles. The van der Waals surface area contributed by atoms with E-state index < -0.39 is 5.91 Å². The van der Waals surface area contributed by atoms with Crippen LogP contribution in [0.2, 0.25) is 0 Å². The normalized spacial score (nSPS) is 13.2. The number of amides is 1. The third-order valence-electron chi connectivity index (χ3n) is 4.73. The van der Waals surface area contributed by atoms with Gasteiger partial charge >= 0.3 is 5.97 Å². The molecule has 1 amide bonds. The average molecular weight is 455 g/mol. The van der Waals surface area contributed by atoms with Crippen LogP contribution in [0, 0.1) is 0 Å². The van der Waals surface area contributed by atoms with Gasteiger partial charge in [-0.15, -0.1) is 0 Å². The van der Waals surface area contributed by atoms with E-state index in [2.05, 4.69) is 4.99 Å². The molecule has 0 N–H and O–H groups in total. The maximum Gasteiger partial charge on any atom is 0.338 e. The lowest BCUT2D eigenvalue weighted by Crippen LogP contribution is -2.19. The lowest BCUT2D eigenvalue weighted by Gasteiger charge is -2.05. The average Bonchev–Trinajstić information content (AvgIpc) is 3.39. The molecule has 0 atom stereocenters. The first-order valence-electron chi connectivity index (χ1n) is 10.0. The van der Waals surface area contributed by atoms with Crippen molar-refractivity contribution in [2.45, 2.75) is 13.5 Å². The van der Waals surface area contributed by atoms with Gasteiger partial charge in [0.2, 0.25) is 6.79 Å². The molecule has 1 aliphatic heterocycles. The van der Waals surface area contributed by atoms with Crippen LogP contribution in [0.15, 0.2) is 47.5 Å². The van der Waals surface area contributed by atoms with Crippen molar-refractivity contribution < 1.29 is 28.5 Å². The second-order valence-electron chi connectivity index (χ2n) is 6.83. The van der Waals surface area contributed by atoms with Crippen molar-refractivity contribution in [2.24, 2.45) is 4.99 Å². The number of carbonyl (C=O) groups is 2. The number of benzene rings is 2. The van der Waals surface area contributed by atoms with Gasteiger partial charge in [0.05, 0.1) is 29.0 Å². The summed E-state index contributed by atoms with van der Waals surface area (Å²) in [5.41, 5.74) is 2.13. The summed E-state index contributed by atoms with van der Waals surface area (Å²) < 4.78 is 23.7. The van der Waals surface area contributed by atoms with Crippen molar-refractivity contribution >= 4 is 39.5 Å². The summed E-state index contributed by atoms with van der Waals surface area (Å²) in [6.45, 7) is 3.25. The number of fused-ring (bicyclic) bond motifs is 2. The van der Waals surface area contributed by atoms with Gasteiger partial charge in [-0.2, -0.15) is 4.99 Å². The Bertz CT molecular complexity index is 1260. The first kappa shape index (κ1) is 21.8. The monoisotopic (exact) mass is 454 g/mol. The lowest BCUT2D eigenvalue weighted by atomic mass is 10.2. The minimum atomic E-state index is -0.397. The SMILES string of the molecule is CCOC(=O)c1ccc2c(c1)sc(=NC(=O)C=Cc1ccc3c(c1)OCO3)n2CCOC. The number of esters is 1. The molecule has 166 valence electrons. The summed E-state index contributed by atoms with van der Waals surface area (Å²) in [6.07, 6.45) is 3.09. The number of ether oxygens (including phenoxy) is 4. The number of aromatic nitrogens is 1. The largest absolute Gasteiger partial charge is 0.462 e. The molecule has 32 heavy (non-hydrogen) atoms. The van der Waals surface area contributed by atoms with Crippen molar-refractivity contribution in [1.29, 1.82) is 0 Å². The molecule has 3 aromatic rings. The highest BCUT2D eigenvalue weighted by molar-refractivity contribution is 7.16. The van der Waals surface area contributed by atoms with E-state index in [0.717, 1.165) is 15.8 Å². The van der Waals surface area contributed by atoms with Crippen molar-refractivity contribution in [1.82, 2.24) is 4.57 Å². The van der Waals surface area contributed by atoms with Gasteiger partial charge in [-0.25, -0.2) is 4.79 Å². The third kappa shape index (κ3) is 4.74. The zero-order chi connectivity index (χ0) is 22.5. The number of hydrogen-bond donors (Lipinski definition) is 0. The molecule has 9 heteroatoms. The Labute approximate surface area is 188 Å². The van der Waals surface area contributed by atoms with Gasteiger partial charge in [-0.3, -0.25) is 4.79 Å². The first-order chi connectivity index (χ1) is 15.6. The fraction of sp³-hybridized carbons (Fsp3) is 0.261. The van der Waals surface area contributed by atoms with Crippen LogP contribution in [0.3, 0.4) is 0 Å². The molecular formula is C23H22N2O6S. The van der Waals surface area contributed by atoms with Crippen molar-refractivity contribution in [3.63, 3.8) is 0 Å². The molecule has 0 bridgehead atoms. The Kier molecular flexibility index (Phi) is 6.67. The molecule has 0 aliphatic carbocycles. The topological polar surface area (TPSA) is 88.4 Å². The minimum absolute atomic E-state index is 0.196. The van der Waals surface area contributed by atoms with E-state index in [0.29, 0.717) is 41.6 Å². The second-order valence-corrected chi connectivity index (χ2v) is 7.84. The van der Waals surface area contributed by atoms with E-state index in [1.807, 2.05) is 16.7 Å². The fourth-order valence-corrected chi connectivity index (χ4v) is 4.32. The Morgan fingerprint density at radius 2 is 2.03 bits per heavy atom. The van der Waals surface area contributed by atoms with Gasteiger partial charge in [0.1, 0.15) is 0 Å². The van der Waals surface area contributed by atoms with Crippen LogP contribution < -0.4 is 14.3 Å². The summed E-state index contributed by atoms with van der Waals surface area (Å²) in [6, 6.07) is 10.7. The first-order valence-corrected chi connectivity index (χ1v) is 10.9. The van der Waals surface area contributed by atoms with Gasteiger partial charge in [0.25, 0.3) is 5.91 Å². The Morgan fingerprint density at radius 3 is 2.84 bits per heavy atom. The maximum absolute atomic E-state index is 12.6. The highest BCUT2D eigenvalue weighted by Crippen LogP contribution is 2.32. The quantitative estimate of drug-likeness (QED) is 0.402. The fourth-order valence-electron chi connectivity index (χ4n) is 3.21. The van der Waals surface area contributed by atoms with Gasteiger partial charge in [0.15, 0.2) is 16.3 Å². The van der Waals surface area contributed by atoms with E-state index in [-0.39, 0.29) is 12.8 Å². The molecule has 0 unspecified atom stereocenters. The molecule has 4 rings (SSSR count). The summed E-state index contributed by atoms with van der Waals surface area (Å²) in [5, 5.41) is 0. The minimum Gasteiger partial charge on any atom is -0.462 e. The van der Waals surface area contributed by atoms with Gasteiger partial charge < -0.3 is 23.5 Å². The van der Waals surface area contributed by atoms with Crippen LogP contribution in [0.25, 0.3) is 16.3 Å².